The van der Waals surface area contributed by atoms with Crippen LogP contribution in [0.2, 0.25) is 0 Å². The van der Waals surface area contributed by atoms with E-state index in [9.17, 15) is 10.4 Å². The van der Waals surface area contributed by atoms with Crippen molar-refractivity contribution >= 4 is 15.9 Å². The smallest absolute Gasteiger partial charge is 0.440 e. The Bertz CT molecular complexity index is 328. The second-order valence-electron chi connectivity index (χ2n) is 2.77. The van der Waals surface area contributed by atoms with Gasteiger partial charge >= 0.3 is 5.82 Å². The summed E-state index contributed by atoms with van der Waals surface area (Å²) in [6.45, 7) is 3.48. The molecule has 1 aromatic heterocycles. The van der Waals surface area contributed by atoms with E-state index in [2.05, 4.69) is 15.9 Å². The summed E-state index contributed by atoms with van der Waals surface area (Å²) in [4.78, 5) is 0. The van der Waals surface area contributed by atoms with Gasteiger partial charge in [0.1, 0.15) is 0 Å². The average Bonchev–Trinajstić information content (AvgIpc) is 2.12. The fourth-order valence-electron chi connectivity index (χ4n) is 1.19. The van der Waals surface area contributed by atoms with E-state index in [0.717, 1.165) is 0 Å². The van der Waals surface area contributed by atoms with Crippen molar-refractivity contribution in [1.82, 2.24) is 0 Å². The maximum Gasteiger partial charge on any atom is 0.440 e. The Morgan fingerprint density at radius 3 is 2.46 bits per heavy atom. The first-order valence-corrected chi connectivity index (χ1v) is 5.14. The standard InChI is InChI=1S/C8H11BrN2O2/c1-3-8-10(12)6(2)4-7(5-9)11(8)13/h4H,3,5H2,1-2H3. The highest BCUT2D eigenvalue weighted by molar-refractivity contribution is 9.08. The van der Waals surface area contributed by atoms with E-state index in [1.54, 1.807) is 19.9 Å². The lowest BCUT2D eigenvalue weighted by atomic mass is 10.3. The molecule has 13 heavy (non-hydrogen) atoms. The molecule has 0 aromatic carbocycles. The lowest BCUT2D eigenvalue weighted by Gasteiger charge is -2.08. The van der Waals surface area contributed by atoms with Crippen molar-refractivity contribution in [2.75, 3.05) is 0 Å². The summed E-state index contributed by atoms with van der Waals surface area (Å²) in [6.07, 6.45) is 0.439. The summed E-state index contributed by atoms with van der Waals surface area (Å²) in [5.41, 5.74) is 1.12. The van der Waals surface area contributed by atoms with Crippen molar-refractivity contribution in [3.05, 3.63) is 33.7 Å². The zero-order valence-corrected chi connectivity index (χ0v) is 9.17. The van der Waals surface area contributed by atoms with Crippen molar-refractivity contribution in [3.8, 4) is 0 Å². The van der Waals surface area contributed by atoms with Crippen molar-refractivity contribution in [3.63, 3.8) is 0 Å². The Kier molecular flexibility index (Phi) is 3.08. The monoisotopic (exact) mass is 246 g/mol. The van der Waals surface area contributed by atoms with Crippen molar-refractivity contribution in [1.29, 1.82) is 0 Å². The zero-order valence-electron chi connectivity index (χ0n) is 7.58. The Balaban J connectivity index is 3.39. The average molecular weight is 247 g/mol. The first-order chi connectivity index (χ1) is 6.11. The fourth-order valence-corrected chi connectivity index (χ4v) is 1.58. The molecule has 1 heterocycles. The number of hydrogen-bond donors (Lipinski definition) is 0. The van der Waals surface area contributed by atoms with Crippen molar-refractivity contribution in [2.45, 2.75) is 25.6 Å². The second kappa shape index (κ2) is 3.91. The van der Waals surface area contributed by atoms with Crippen LogP contribution < -0.4 is 9.46 Å². The molecule has 1 rings (SSSR count). The van der Waals surface area contributed by atoms with Crippen LogP contribution in [-0.2, 0) is 11.8 Å². The lowest BCUT2D eigenvalue weighted by molar-refractivity contribution is -0.763. The number of aromatic nitrogens is 2. The quantitative estimate of drug-likeness (QED) is 0.439. The molecule has 0 radical (unpaired) electrons. The third-order valence-corrected chi connectivity index (χ3v) is 2.45. The van der Waals surface area contributed by atoms with Gasteiger partial charge in [0.2, 0.25) is 11.4 Å². The normalized spacial score (nSPS) is 10.4. The fraction of sp³-hybridized carbons (Fsp3) is 0.500. The number of hydrogen-bond acceptors (Lipinski definition) is 2. The van der Waals surface area contributed by atoms with Gasteiger partial charge in [-0.1, -0.05) is 15.9 Å². The predicted molar refractivity (Wildman–Crippen MR) is 51.1 cm³/mol. The Labute approximate surface area is 85.1 Å². The van der Waals surface area contributed by atoms with Gasteiger partial charge in [-0.2, -0.15) is 0 Å². The Morgan fingerprint density at radius 2 is 2.00 bits per heavy atom. The van der Waals surface area contributed by atoms with Crippen LogP contribution in [0.3, 0.4) is 0 Å². The summed E-state index contributed by atoms with van der Waals surface area (Å²) < 4.78 is 1.37. The first-order valence-electron chi connectivity index (χ1n) is 4.02. The number of aryl methyl sites for hydroxylation is 1. The van der Waals surface area contributed by atoms with Gasteiger partial charge in [-0.15, -0.1) is 9.46 Å². The maximum atomic E-state index is 11.5. The molecule has 0 aliphatic heterocycles. The summed E-state index contributed by atoms with van der Waals surface area (Å²) in [7, 11) is 0. The van der Waals surface area contributed by atoms with Crippen LogP contribution in [0.25, 0.3) is 0 Å². The van der Waals surface area contributed by atoms with E-state index >= 15 is 0 Å². The van der Waals surface area contributed by atoms with Crippen LogP contribution in [0, 0.1) is 17.3 Å². The molecule has 0 saturated heterocycles. The molecule has 72 valence electrons. The molecular weight excluding hydrogens is 236 g/mol. The van der Waals surface area contributed by atoms with Gasteiger partial charge in [0.15, 0.2) is 0 Å². The number of rotatable bonds is 2. The van der Waals surface area contributed by atoms with E-state index in [1.807, 2.05) is 0 Å². The summed E-state index contributed by atoms with van der Waals surface area (Å²) in [5, 5.41) is 23.3. The minimum Gasteiger partial charge on any atom is -0.614 e. The predicted octanol–water partition coefficient (Wildman–Crippen LogP) is 0.719. The lowest BCUT2D eigenvalue weighted by Crippen LogP contribution is -2.51. The highest BCUT2D eigenvalue weighted by atomic mass is 79.9. The minimum atomic E-state index is 0.245. The molecule has 0 bridgehead atoms. The SMILES string of the molecule is CCc1[n+]([O-])c(C)cc(CBr)[n+]1[O-]. The summed E-state index contributed by atoms with van der Waals surface area (Å²) in [6, 6.07) is 1.59. The van der Waals surface area contributed by atoms with Gasteiger partial charge in [0.05, 0.1) is 17.8 Å². The van der Waals surface area contributed by atoms with Gasteiger partial charge in [0.25, 0.3) is 0 Å². The molecule has 0 amide bonds. The van der Waals surface area contributed by atoms with Crippen LogP contribution in [0.15, 0.2) is 6.07 Å². The molecule has 0 saturated carbocycles. The van der Waals surface area contributed by atoms with Gasteiger partial charge in [-0.25, -0.2) is 0 Å². The van der Waals surface area contributed by atoms with Crippen LogP contribution in [0.5, 0.6) is 0 Å². The van der Waals surface area contributed by atoms with Crippen molar-refractivity contribution in [2.24, 2.45) is 0 Å². The number of nitrogens with zero attached hydrogens (tertiary/aromatic N) is 2. The molecule has 0 N–H and O–H groups in total. The van der Waals surface area contributed by atoms with Gasteiger partial charge in [-0.05, 0) is 6.92 Å². The molecule has 0 unspecified atom stereocenters. The molecular formula is C8H11BrN2O2. The van der Waals surface area contributed by atoms with E-state index in [-0.39, 0.29) is 5.82 Å². The largest absolute Gasteiger partial charge is 0.614 e. The van der Waals surface area contributed by atoms with E-state index in [0.29, 0.717) is 32.6 Å². The topological polar surface area (TPSA) is 53.9 Å². The summed E-state index contributed by atoms with van der Waals surface area (Å²) in [5.74, 6) is 0.245. The highest BCUT2D eigenvalue weighted by Gasteiger charge is 2.21. The molecule has 0 atom stereocenters. The van der Waals surface area contributed by atoms with E-state index < -0.39 is 0 Å². The molecule has 1 aromatic rings. The Morgan fingerprint density at radius 1 is 1.38 bits per heavy atom. The second-order valence-corrected chi connectivity index (χ2v) is 3.33. The van der Waals surface area contributed by atoms with Crippen LogP contribution in [-0.4, -0.2) is 0 Å². The van der Waals surface area contributed by atoms with Gasteiger partial charge < -0.3 is 10.4 Å². The van der Waals surface area contributed by atoms with Crippen molar-refractivity contribution < 1.29 is 9.46 Å². The molecule has 0 aliphatic carbocycles. The van der Waals surface area contributed by atoms with Gasteiger partial charge in [0, 0.05) is 6.92 Å². The zero-order chi connectivity index (χ0) is 10.0. The van der Waals surface area contributed by atoms with Crippen LogP contribution >= 0.6 is 15.9 Å². The number of alkyl halides is 1. The van der Waals surface area contributed by atoms with E-state index in [1.165, 1.54) is 0 Å². The number of halogens is 1. The van der Waals surface area contributed by atoms with E-state index in [4.69, 9.17) is 0 Å². The first kappa shape index (κ1) is 10.2. The maximum absolute atomic E-state index is 11.5. The van der Waals surface area contributed by atoms with Gasteiger partial charge in [-0.3, -0.25) is 0 Å². The molecule has 0 aliphatic rings. The molecule has 0 spiro atoms. The Hall–Kier alpha value is -0.840. The molecule has 0 fully saturated rings. The molecule has 4 nitrogen and oxygen atoms in total. The third kappa shape index (κ3) is 1.75. The van der Waals surface area contributed by atoms with Crippen LogP contribution in [0.4, 0.5) is 0 Å². The summed E-state index contributed by atoms with van der Waals surface area (Å²) >= 11 is 3.20. The minimum absolute atomic E-state index is 0.245. The molecule has 5 heteroatoms. The third-order valence-electron chi connectivity index (χ3n) is 1.88. The highest BCUT2D eigenvalue weighted by Crippen LogP contribution is 2.01. The van der Waals surface area contributed by atoms with Crippen LogP contribution in [0.1, 0.15) is 24.1 Å².